The van der Waals surface area contributed by atoms with E-state index in [9.17, 15) is 0 Å². The number of rotatable bonds is 6. The van der Waals surface area contributed by atoms with Crippen molar-refractivity contribution >= 4 is 41.3 Å². The van der Waals surface area contributed by atoms with Gasteiger partial charge in [-0.3, -0.25) is 9.89 Å². The minimum atomic E-state index is 0. The van der Waals surface area contributed by atoms with Crippen molar-refractivity contribution in [3.8, 4) is 6.07 Å². The molecule has 0 saturated carbocycles. The first-order valence-corrected chi connectivity index (χ1v) is 10.4. The van der Waals surface area contributed by atoms with Gasteiger partial charge in [0.05, 0.1) is 30.4 Å². The standard InChI is InChI=1S/C21H27N5OS.HI/c1-16-15-26(9-10-27-16)19(20-4-3-11-28-20)14-25-21(23-2)24-13-18-7-5-17(12-22)6-8-18;/h3-8,11,16,19H,9-10,13-15H2,1-2H3,(H2,23,24,25);1H. The number of benzene rings is 1. The zero-order valence-electron chi connectivity index (χ0n) is 16.8. The van der Waals surface area contributed by atoms with Gasteiger partial charge in [-0.15, -0.1) is 35.3 Å². The Morgan fingerprint density at radius 1 is 1.34 bits per heavy atom. The Hall–Kier alpha value is -1.67. The molecule has 1 aromatic carbocycles. The Balaban J connectivity index is 0.00000300. The molecule has 8 heteroatoms. The number of thiophene rings is 1. The van der Waals surface area contributed by atoms with Crippen molar-refractivity contribution in [2.24, 2.45) is 4.99 Å². The zero-order valence-corrected chi connectivity index (χ0v) is 19.9. The second kappa shape index (κ2) is 12.1. The molecule has 0 amide bonds. The van der Waals surface area contributed by atoms with Crippen LogP contribution < -0.4 is 10.6 Å². The average molecular weight is 525 g/mol. The van der Waals surface area contributed by atoms with Crippen molar-refractivity contribution in [3.63, 3.8) is 0 Å². The third-order valence-corrected chi connectivity index (χ3v) is 5.79. The van der Waals surface area contributed by atoms with Crippen molar-refractivity contribution in [3.05, 3.63) is 57.8 Å². The highest BCUT2D eigenvalue weighted by Crippen LogP contribution is 2.26. The second-order valence-corrected chi connectivity index (χ2v) is 7.80. The van der Waals surface area contributed by atoms with Crippen molar-refractivity contribution < 1.29 is 4.74 Å². The smallest absolute Gasteiger partial charge is 0.191 e. The summed E-state index contributed by atoms with van der Waals surface area (Å²) in [5.41, 5.74) is 1.78. The molecular formula is C21H28IN5OS. The molecule has 2 N–H and O–H groups in total. The summed E-state index contributed by atoms with van der Waals surface area (Å²) in [6, 6.07) is 14.3. The van der Waals surface area contributed by atoms with Crippen molar-refractivity contribution in [1.82, 2.24) is 15.5 Å². The van der Waals surface area contributed by atoms with Gasteiger partial charge < -0.3 is 15.4 Å². The lowest BCUT2D eigenvalue weighted by molar-refractivity contribution is -0.0334. The van der Waals surface area contributed by atoms with Gasteiger partial charge in [-0.2, -0.15) is 5.26 Å². The maximum atomic E-state index is 8.90. The fourth-order valence-corrected chi connectivity index (χ4v) is 4.18. The molecule has 2 atom stereocenters. The number of morpholine rings is 1. The molecule has 3 rings (SSSR count). The molecule has 1 fully saturated rings. The molecule has 2 heterocycles. The highest BCUT2D eigenvalue weighted by molar-refractivity contribution is 14.0. The first-order valence-electron chi connectivity index (χ1n) is 9.52. The summed E-state index contributed by atoms with van der Waals surface area (Å²) in [4.78, 5) is 8.19. The highest BCUT2D eigenvalue weighted by atomic mass is 127. The largest absolute Gasteiger partial charge is 0.376 e. The Labute approximate surface area is 194 Å². The van der Waals surface area contributed by atoms with Crippen molar-refractivity contribution in [1.29, 1.82) is 5.26 Å². The van der Waals surface area contributed by atoms with Gasteiger partial charge in [-0.05, 0) is 36.1 Å². The number of aliphatic imine (C=N–C) groups is 1. The van der Waals surface area contributed by atoms with Crippen LogP contribution in [0, 0.1) is 11.3 Å². The number of nitrogens with zero attached hydrogens (tertiary/aromatic N) is 3. The third-order valence-electron chi connectivity index (χ3n) is 4.81. The molecule has 156 valence electrons. The first-order chi connectivity index (χ1) is 13.7. The Morgan fingerprint density at radius 3 is 2.76 bits per heavy atom. The minimum Gasteiger partial charge on any atom is -0.376 e. The van der Waals surface area contributed by atoms with E-state index in [-0.39, 0.29) is 30.1 Å². The fourth-order valence-electron chi connectivity index (χ4n) is 3.32. The van der Waals surface area contributed by atoms with E-state index in [2.05, 4.69) is 51.0 Å². The van der Waals surface area contributed by atoms with Gasteiger partial charge in [-0.25, -0.2) is 0 Å². The summed E-state index contributed by atoms with van der Waals surface area (Å²) >= 11 is 1.79. The summed E-state index contributed by atoms with van der Waals surface area (Å²) in [5.74, 6) is 0.771. The number of nitrogens with one attached hydrogen (secondary N) is 2. The predicted molar refractivity (Wildman–Crippen MR) is 129 cm³/mol. The fraction of sp³-hybridized carbons (Fsp3) is 0.429. The molecule has 2 aromatic rings. The molecule has 6 nitrogen and oxygen atoms in total. The minimum absolute atomic E-state index is 0. The number of guanidine groups is 1. The number of halogens is 1. The van der Waals surface area contributed by atoms with Crippen LogP contribution in [0.2, 0.25) is 0 Å². The van der Waals surface area contributed by atoms with E-state index in [1.807, 2.05) is 24.3 Å². The Kier molecular flexibility index (Phi) is 9.87. The lowest BCUT2D eigenvalue weighted by Crippen LogP contribution is -2.47. The number of hydrogen-bond acceptors (Lipinski definition) is 5. The van der Waals surface area contributed by atoms with E-state index in [0.717, 1.165) is 37.8 Å². The number of nitriles is 1. The molecule has 1 aliphatic rings. The predicted octanol–water partition coefficient (Wildman–Crippen LogP) is 3.36. The topological polar surface area (TPSA) is 72.7 Å². The van der Waals surface area contributed by atoms with Crippen LogP contribution >= 0.6 is 35.3 Å². The number of hydrogen-bond donors (Lipinski definition) is 2. The molecule has 1 aromatic heterocycles. The van der Waals surface area contributed by atoms with Crippen LogP contribution in [0.25, 0.3) is 0 Å². The Morgan fingerprint density at radius 2 is 2.14 bits per heavy atom. The second-order valence-electron chi connectivity index (χ2n) is 6.82. The summed E-state index contributed by atoms with van der Waals surface area (Å²) in [6.07, 6.45) is 0.255. The van der Waals surface area contributed by atoms with Gasteiger partial charge in [-0.1, -0.05) is 18.2 Å². The van der Waals surface area contributed by atoms with Crippen LogP contribution in [-0.4, -0.2) is 50.3 Å². The average Bonchev–Trinajstić information content (AvgIpc) is 3.25. The molecular weight excluding hydrogens is 497 g/mol. The lowest BCUT2D eigenvalue weighted by atomic mass is 10.1. The van der Waals surface area contributed by atoms with Crippen LogP contribution in [0.4, 0.5) is 0 Å². The quantitative estimate of drug-likeness (QED) is 0.344. The van der Waals surface area contributed by atoms with E-state index in [0.29, 0.717) is 18.2 Å². The monoisotopic (exact) mass is 525 g/mol. The van der Waals surface area contributed by atoms with Gasteiger partial charge in [0.15, 0.2) is 5.96 Å². The third kappa shape index (κ3) is 6.96. The maximum absolute atomic E-state index is 8.90. The van der Waals surface area contributed by atoms with Crippen LogP contribution in [0.3, 0.4) is 0 Å². The highest BCUT2D eigenvalue weighted by Gasteiger charge is 2.26. The van der Waals surface area contributed by atoms with Gasteiger partial charge >= 0.3 is 0 Å². The number of ether oxygens (including phenoxy) is 1. The summed E-state index contributed by atoms with van der Waals surface area (Å²) in [5, 5.41) is 17.9. The molecule has 0 spiro atoms. The van der Waals surface area contributed by atoms with E-state index >= 15 is 0 Å². The van der Waals surface area contributed by atoms with Crippen LogP contribution in [0.15, 0.2) is 46.8 Å². The Bertz CT molecular complexity index is 803. The normalized spacial score (nSPS) is 18.4. The lowest BCUT2D eigenvalue weighted by Gasteiger charge is -2.37. The van der Waals surface area contributed by atoms with Crippen LogP contribution in [-0.2, 0) is 11.3 Å². The van der Waals surface area contributed by atoms with E-state index in [1.54, 1.807) is 18.4 Å². The molecule has 0 aliphatic carbocycles. The van der Waals surface area contributed by atoms with Gasteiger partial charge in [0.1, 0.15) is 0 Å². The van der Waals surface area contributed by atoms with E-state index in [4.69, 9.17) is 10.00 Å². The van der Waals surface area contributed by atoms with E-state index < -0.39 is 0 Å². The first kappa shape index (κ1) is 23.6. The molecule has 0 bridgehead atoms. The van der Waals surface area contributed by atoms with Gasteiger partial charge in [0, 0.05) is 38.1 Å². The summed E-state index contributed by atoms with van der Waals surface area (Å²) < 4.78 is 5.71. The van der Waals surface area contributed by atoms with Crippen LogP contribution in [0.5, 0.6) is 0 Å². The molecule has 29 heavy (non-hydrogen) atoms. The molecule has 1 aliphatic heterocycles. The SMILES string of the molecule is CN=C(NCc1ccc(C#N)cc1)NCC(c1cccs1)N1CCOC(C)C1.I. The van der Waals surface area contributed by atoms with Crippen molar-refractivity contribution in [2.75, 3.05) is 33.3 Å². The van der Waals surface area contributed by atoms with E-state index in [1.165, 1.54) is 4.88 Å². The van der Waals surface area contributed by atoms with Crippen molar-refractivity contribution in [2.45, 2.75) is 25.6 Å². The van der Waals surface area contributed by atoms with Gasteiger partial charge in [0.25, 0.3) is 0 Å². The van der Waals surface area contributed by atoms with Gasteiger partial charge in [0.2, 0.25) is 0 Å². The zero-order chi connectivity index (χ0) is 19.8. The summed E-state index contributed by atoms with van der Waals surface area (Å²) in [6.45, 7) is 6.20. The molecule has 1 saturated heterocycles. The van der Waals surface area contributed by atoms with Crippen LogP contribution in [0.1, 0.15) is 29.0 Å². The summed E-state index contributed by atoms with van der Waals surface area (Å²) in [7, 11) is 1.78. The maximum Gasteiger partial charge on any atom is 0.191 e. The molecule has 0 radical (unpaired) electrons. The molecule has 2 unspecified atom stereocenters.